The second-order valence-electron chi connectivity index (χ2n) is 10.4. The number of carbonyl (C=O) groups is 2. The molecule has 0 radical (unpaired) electrons. The fourth-order valence-corrected chi connectivity index (χ4v) is 5.74. The number of oxime groups is 1. The highest BCUT2D eigenvalue weighted by Gasteiger charge is 2.34. The van der Waals surface area contributed by atoms with Crippen LogP contribution in [0, 0.1) is 5.82 Å². The number of piperazine rings is 1. The maximum absolute atomic E-state index is 15.3. The molecule has 40 heavy (non-hydrogen) atoms. The minimum atomic E-state index is -1.30. The minimum absolute atomic E-state index is 0.100. The zero-order valence-electron chi connectivity index (χ0n) is 22.2. The summed E-state index contributed by atoms with van der Waals surface area (Å²) in [5.74, 6) is -1.99. The molecule has 0 atom stereocenters. The van der Waals surface area contributed by atoms with E-state index in [-0.39, 0.29) is 22.9 Å². The summed E-state index contributed by atoms with van der Waals surface area (Å²) in [6.07, 6.45) is 3.97. The van der Waals surface area contributed by atoms with Crippen LogP contribution in [0.3, 0.4) is 0 Å². The van der Waals surface area contributed by atoms with Crippen LogP contribution in [-0.4, -0.2) is 78.5 Å². The van der Waals surface area contributed by atoms with E-state index in [1.807, 2.05) is 33.7 Å². The van der Waals surface area contributed by atoms with E-state index in [2.05, 4.69) is 10.1 Å². The van der Waals surface area contributed by atoms with E-state index in [4.69, 9.17) is 4.84 Å². The number of anilines is 2. The van der Waals surface area contributed by atoms with Gasteiger partial charge >= 0.3 is 5.97 Å². The number of rotatable bonds is 8. The Balaban J connectivity index is 1.12. The Hall–Kier alpha value is -4.25. The molecular formula is C29H30FN5O5. The lowest BCUT2D eigenvalue weighted by atomic mass is 10.1. The number of aromatic carboxylic acids is 1. The van der Waals surface area contributed by atoms with E-state index in [1.165, 1.54) is 19.4 Å². The standard InChI is InChI=1S/C29H30FN5O5/c1-40-31-26-19-5-2-3-6-23(19)34(28(26)37)10-4-9-32-11-13-33(14-12-32)25-16-24-20(15-22(25)30)27(36)21(29(38)39)17-35(24)18-7-8-18/h2-3,5-6,15-18H,4,7-14H2,1H3,(H,38,39)/b31-26-. The molecule has 1 saturated carbocycles. The number of fused-ring (bicyclic) bond motifs is 2. The average Bonchev–Trinajstić information content (AvgIpc) is 3.76. The molecule has 0 spiro atoms. The Morgan fingerprint density at radius 3 is 2.52 bits per heavy atom. The van der Waals surface area contributed by atoms with Gasteiger partial charge < -0.3 is 24.3 Å². The predicted octanol–water partition coefficient (Wildman–Crippen LogP) is 3.08. The molecule has 0 unspecified atom stereocenters. The van der Waals surface area contributed by atoms with Gasteiger partial charge in [0.25, 0.3) is 5.91 Å². The summed E-state index contributed by atoms with van der Waals surface area (Å²) in [5.41, 5.74) is 1.93. The second kappa shape index (κ2) is 10.4. The molecule has 208 valence electrons. The largest absolute Gasteiger partial charge is 0.477 e. The molecule has 6 rings (SSSR count). The highest BCUT2D eigenvalue weighted by molar-refractivity contribution is 6.54. The van der Waals surface area contributed by atoms with Crippen LogP contribution in [0.15, 0.2) is 52.5 Å². The van der Waals surface area contributed by atoms with Gasteiger partial charge in [-0.15, -0.1) is 0 Å². The summed E-state index contributed by atoms with van der Waals surface area (Å²) in [6.45, 7) is 4.02. The van der Waals surface area contributed by atoms with Crippen molar-refractivity contribution in [3.05, 3.63) is 69.8 Å². The fourth-order valence-electron chi connectivity index (χ4n) is 5.74. The van der Waals surface area contributed by atoms with Crippen molar-refractivity contribution in [2.45, 2.75) is 25.3 Å². The lowest BCUT2D eigenvalue weighted by Crippen LogP contribution is -2.47. The first-order valence-corrected chi connectivity index (χ1v) is 13.5. The number of carboxylic acid groups (broad SMARTS) is 1. The third-order valence-corrected chi connectivity index (χ3v) is 7.92. The van der Waals surface area contributed by atoms with Crippen molar-refractivity contribution in [1.82, 2.24) is 9.47 Å². The number of carboxylic acids is 1. The van der Waals surface area contributed by atoms with Crippen molar-refractivity contribution in [3.63, 3.8) is 0 Å². The van der Waals surface area contributed by atoms with E-state index < -0.39 is 17.2 Å². The van der Waals surface area contributed by atoms with Crippen molar-refractivity contribution in [3.8, 4) is 0 Å². The molecular weight excluding hydrogens is 517 g/mol. The SMILES string of the molecule is CO/N=C1\C(=O)N(CCCN2CCN(c3cc4c(cc3F)c(=O)c(C(=O)O)cn4C3CC3)CC2)c2ccccc21. The zero-order chi connectivity index (χ0) is 28.0. The topological polar surface area (TPSA) is 108 Å². The molecule has 2 aromatic carbocycles. The molecule has 3 aromatic rings. The van der Waals surface area contributed by atoms with Gasteiger partial charge in [0.15, 0.2) is 5.71 Å². The van der Waals surface area contributed by atoms with Gasteiger partial charge in [-0.2, -0.15) is 0 Å². The van der Waals surface area contributed by atoms with Crippen molar-refractivity contribution in [2.24, 2.45) is 5.16 Å². The summed E-state index contributed by atoms with van der Waals surface area (Å²) < 4.78 is 17.1. The van der Waals surface area contributed by atoms with E-state index in [9.17, 15) is 19.5 Å². The Labute approximate surface area is 229 Å². The second-order valence-corrected chi connectivity index (χ2v) is 10.4. The van der Waals surface area contributed by atoms with Crippen LogP contribution in [0.5, 0.6) is 0 Å². The third-order valence-electron chi connectivity index (χ3n) is 7.92. The molecule has 11 heteroatoms. The Kier molecular flexibility index (Phi) is 6.75. The molecule has 0 bridgehead atoms. The number of halogens is 1. The smallest absolute Gasteiger partial charge is 0.341 e. The van der Waals surface area contributed by atoms with Crippen molar-refractivity contribution in [2.75, 3.05) is 56.2 Å². The first-order chi connectivity index (χ1) is 19.4. The molecule has 1 aliphatic carbocycles. The highest BCUT2D eigenvalue weighted by atomic mass is 19.1. The molecule has 10 nitrogen and oxygen atoms in total. The van der Waals surface area contributed by atoms with Crippen LogP contribution in [0.2, 0.25) is 0 Å². The Morgan fingerprint density at radius 2 is 1.82 bits per heavy atom. The Bertz CT molecular complexity index is 1590. The summed E-state index contributed by atoms with van der Waals surface area (Å²) in [7, 11) is 1.43. The van der Waals surface area contributed by atoms with Gasteiger partial charge in [-0.3, -0.25) is 14.5 Å². The number of amides is 1. The maximum Gasteiger partial charge on any atom is 0.341 e. The lowest BCUT2D eigenvalue weighted by Gasteiger charge is -2.36. The number of aromatic nitrogens is 1. The van der Waals surface area contributed by atoms with E-state index in [0.29, 0.717) is 36.6 Å². The monoisotopic (exact) mass is 547 g/mol. The molecule has 1 saturated heterocycles. The van der Waals surface area contributed by atoms with Crippen molar-refractivity contribution in [1.29, 1.82) is 0 Å². The summed E-state index contributed by atoms with van der Waals surface area (Å²) in [5, 5.41) is 13.5. The van der Waals surface area contributed by atoms with Crippen LogP contribution < -0.4 is 15.2 Å². The Morgan fingerprint density at radius 1 is 1.07 bits per heavy atom. The number of hydrogen-bond donors (Lipinski definition) is 1. The molecule has 1 N–H and O–H groups in total. The summed E-state index contributed by atoms with van der Waals surface area (Å²) >= 11 is 0. The van der Waals surface area contributed by atoms with Gasteiger partial charge in [0.2, 0.25) is 5.43 Å². The number of para-hydroxylation sites is 1. The maximum atomic E-state index is 15.3. The van der Waals surface area contributed by atoms with Crippen LogP contribution in [0.25, 0.3) is 10.9 Å². The predicted molar refractivity (Wildman–Crippen MR) is 149 cm³/mol. The van der Waals surface area contributed by atoms with Gasteiger partial charge in [-0.25, -0.2) is 9.18 Å². The lowest BCUT2D eigenvalue weighted by molar-refractivity contribution is -0.112. The minimum Gasteiger partial charge on any atom is -0.477 e. The van der Waals surface area contributed by atoms with Gasteiger partial charge in [-0.05, 0) is 44.0 Å². The molecule has 1 aromatic heterocycles. The van der Waals surface area contributed by atoms with Crippen LogP contribution in [-0.2, 0) is 9.63 Å². The third kappa shape index (κ3) is 4.60. The quantitative estimate of drug-likeness (QED) is 0.432. The first kappa shape index (κ1) is 26.0. The van der Waals surface area contributed by atoms with Gasteiger partial charge in [0.05, 0.1) is 16.9 Å². The van der Waals surface area contributed by atoms with E-state index >= 15 is 4.39 Å². The van der Waals surface area contributed by atoms with E-state index in [1.54, 1.807) is 11.0 Å². The van der Waals surface area contributed by atoms with Gasteiger partial charge in [0.1, 0.15) is 18.5 Å². The van der Waals surface area contributed by atoms with E-state index in [0.717, 1.165) is 50.1 Å². The van der Waals surface area contributed by atoms with Crippen molar-refractivity contribution < 1.29 is 23.9 Å². The normalized spacial score (nSPS) is 18.6. The number of pyridine rings is 1. The van der Waals surface area contributed by atoms with Gasteiger partial charge in [-0.1, -0.05) is 23.4 Å². The van der Waals surface area contributed by atoms with Crippen LogP contribution in [0.4, 0.5) is 15.8 Å². The average molecular weight is 548 g/mol. The number of nitrogens with zero attached hydrogens (tertiary/aromatic N) is 5. The van der Waals surface area contributed by atoms with Gasteiger partial charge in [0, 0.05) is 55.9 Å². The summed E-state index contributed by atoms with van der Waals surface area (Å²) in [4.78, 5) is 48.2. The number of hydrogen-bond acceptors (Lipinski definition) is 7. The van der Waals surface area contributed by atoms with Crippen molar-refractivity contribution >= 4 is 39.9 Å². The molecule has 2 aliphatic heterocycles. The zero-order valence-corrected chi connectivity index (χ0v) is 22.2. The molecule has 3 heterocycles. The summed E-state index contributed by atoms with van der Waals surface area (Å²) in [6, 6.07) is 10.6. The molecule has 1 amide bonds. The molecule has 3 aliphatic rings. The highest BCUT2D eigenvalue weighted by Crippen LogP contribution is 2.38. The van der Waals surface area contributed by atoms with Crippen LogP contribution >= 0.6 is 0 Å². The number of benzene rings is 2. The number of carbonyl (C=O) groups excluding carboxylic acids is 1. The molecule has 2 fully saturated rings. The fraction of sp³-hybridized carbons (Fsp3) is 0.379. The first-order valence-electron chi connectivity index (χ1n) is 13.5. The van der Waals surface area contributed by atoms with Crippen LogP contribution in [0.1, 0.15) is 41.2 Å².